The highest BCUT2D eigenvalue weighted by Crippen LogP contribution is 2.25. The Labute approximate surface area is 294 Å². The van der Waals surface area contributed by atoms with Crippen LogP contribution in [0.4, 0.5) is 0 Å². The number of esters is 6. The second kappa shape index (κ2) is 21.3. The molecule has 0 aliphatic carbocycles. The summed E-state index contributed by atoms with van der Waals surface area (Å²) in [6.45, 7) is 4.64. The number of aliphatic hydroxyl groups is 2. The van der Waals surface area contributed by atoms with Gasteiger partial charge in [0.2, 0.25) is 0 Å². The quantitative estimate of drug-likeness (QED) is 0.113. The van der Waals surface area contributed by atoms with Gasteiger partial charge in [-0.15, -0.1) is 0 Å². The maximum atomic E-state index is 13.1. The van der Waals surface area contributed by atoms with Crippen LogP contribution in [0.5, 0.6) is 0 Å². The molecule has 0 spiro atoms. The third kappa shape index (κ3) is 14.5. The van der Waals surface area contributed by atoms with Gasteiger partial charge in [0.15, 0.2) is 24.6 Å². The third-order valence-electron chi connectivity index (χ3n) is 7.01. The van der Waals surface area contributed by atoms with E-state index in [4.69, 9.17) is 37.9 Å². The molecule has 0 saturated carbocycles. The van der Waals surface area contributed by atoms with Gasteiger partial charge in [-0.2, -0.15) is 0 Å². The van der Waals surface area contributed by atoms with Crippen molar-refractivity contribution >= 4 is 35.8 Å². The molecule has 51 heavy (non-hydrogen) atoms. The van der Waals surface area contributed by atoms with Crippen molar-refractivity contribution in [3.05, 3.63) is 71.8 Å². The molecule has 2 aromatic rings. The van der Waals surface area contributed by atoms with Crippen LogP contribution in [-0.4, -0.2) is 115 Å². The van der Waals surface area contributed by atoms with Gasteiger partial charge in [-0.25, -0.2) is 9.59 Å². The molecule has 280 valence electrons. The molecule has 8 atom stereocenters. The van der Waals surface area contributed by atoms with Gasteiger partial charge in [-0.1, -0.05) is 36.4 Å². The molecule has 2 aromatic carbocycles. The summed E-state index contributed by atoms with van der Waals surface area (Å²) < 4.78 is 43.5. The lowest BCUT2D eigenvalue weighted by molar-refractivity contribution is -0.260. The standard InChI is InChI=1S/C35H44O16/c1-20(47-35(44-6)32(50-24(5)39)31(49-23(4)38)28(48-22(3)37)17-18-45-21(2)36)30(51-34(43)26-15-11-8-12-16-26)29(41)27(40)19-46-33(42)25-13-9-7-10-14-25/h7-16,20,27-32,35,40-41H,17-19H2,1-6H3/t20-,27?,28-,29+,30?,31?,32?,35+/m1/s1. The molecule has 0 heterocycles. The van der Waals surface area contributed by atoms with E-state index in [9.17, 15) is 39.0 Å². The average molecular weight is 721 g/mol. The Morgan fingerprint density at radius 2 is 1.14 bits per heavy atom. The monoisotopic (exact) mass is 720 g/mol. The molecule has 0 aromatic heterocycles. The first-order chi connectivity index (χ1) is 24.1. The second-order valence-electron chi connectivity index (χ2n) is 11.1. The number of rotatable bonds is 20. The third-order valence-corrected chi connectivity index (χ3v) is 7.01. The van der Waals surface area contributed by atoms with Gasteiger partial charge in [-0.05, 0) is 31.2 Å². The van der Waals surface area contributed by atoms with Crippen LogP contribution in [0.2, 0.25) is 0 Å². The summed E-state index contributed by atoms with van der Waals surface area (Å²) in [5, 5.41) is 22.1. The molecule has 0 radical (unpaired) electrons. The molecule has 0 fully saturated rings. The van der Waals surface area contributed by atoms with Crippen LogP contribution in [0.1, 0.15) is 61.8 Å². The number of carbonyl (C=O) groups excluding carboxylic acids is 6. The maximum absolute atomic E-state index is 13.1. The summed E-state index contributed by atoms with van der Waals surface area (Å²) >= 11 is 0. The topological polar surface area (TPSA) is 217 Å². The van der Waals surface area contributed by atoms with Crippen molar-refractivity contribution < 1.29 is 76.9 Å². The van der Waals surface area contributed by atoms with Gasteiger partial charge in [0, 0.05) is 41.2 Å². The Bertz CT molecular complexity index is 1430. The van der Waals surface area contributed by atoms with Crippen LogP contribution in [0.25, 0.3) is 0 Å². The summed E-state index contributed by atoms with van der Waals surface area (Å²) in [6, 6.07) is 15.6. The van der Waals surface area contributed by atoms with E-state index >= 15 is 0 Å². The van der Waals surface area contributed by atoms with E-state index in [2.05, 4.69) is 0 Å². The van der Waals surface area contributed by atoms with E-state index in [0.29, 0.717) is 0 Å². The summed E-state index contributed by atoms with van der Waals surface area (Å²) in [5.41, 5.74) is 0.268. The van der Waals surface area contributed by atoms with E-state index in [-0.39, 0.29) is 24.2 Å². The zero-order chi connectivity index (χ0) is 38.1. The number of benzene rings is 2. The molecule has 0 bridgehead atoms. The Hall–Kier alpha value is -4.90. The average Bonchev–Trinajstić information content (AvgIpc) is 3.09. The summed E-state index contributed by atoms with van der Waals surface area (Å²) in [6.07, 6.45) is -13.4. The van der Waals surface area contributed by atoms with Crippen molar-refractivity contribution in [3.8, 4) is 0 Å². The fourth-order valence-electron chi connectivity index (χ4n) is 4.74. The minimum absolute atomic E-state index is 0.0832. The van der Waals surface area contributed by atoms with Crippen molar-refractivity contribution in [2.75, 3.05) is 20.3 Å². The second-order valence-corrected chi connectivity index (χ2v) is 11.1. The zero-order valence-corrected chi connectivity index (χ0v) is 29.1. The summed E-state index contributed by atoms with van der Waals surface area (Å²) in [4.78, 5) is 73.7. The molecule has 0 aliphatic heterocycles. The maximum Gasteiger partial charge on any atom is 0.338 e. The number of aliphatic hydroxyl groups excluding tert-OH is 2. The van der Waals surface area contributed by atoms with Crippen LogP contribution in [0.15, 0.2) is 60.7 Å². The van der Waals surface area contributed by atoms with Crippen LogP contribution in [-0.2, 0) is 57.1 Å². The molecular weight excluding hydrogens is 676 g/mol. The fourth-order valence-corrected chi connectivity index (χ4v) is 4.74. The first-order valence-electron chi connectivity index (χ1n) is 15.8. The van der Waals surface area contributed by atoms with Gasteiger partial charge in [0.05, 0.1) is 23.8 Å². The van der Waals surface area contributed by atoms with Gasteiger partial charge < -0.3 is 48.1 Å². The number of methoxy groups -OCH3 is 1. The highest BCUT2D eigenvalue weighted by molar-refractivity contribution is 5.90. The van der Waals surface area contributed by atoms with Crippen molar-refractivity contribution in [1.29, 1.82) is 0 Å². The number of hydrogen-bond donors (Lipinski definition) is 2. The Morgan fingerprint density at radius 3 is 1.63 bits per heavy atom. The molecule has 16 heteroatoms. The lowest BCUT2D eigenvalue weighted by Gasteiger charge is -2.38. The Balaban J connectivity index is 2.45. The van der Waals surface area contributed by atoms with Crippen molar-refractivity contribution in [1.82, 2.24) is 0 Å². The molecule has 0 amide bonds. The van der Waals surface area contributed by atoms with Gasteiger partial charge >= 0.3 is 35.8 Å². The number of ether oxygens (including phenoxy) is 8. The van der Waals surface area contributed by atoms with Crippen LogP contribution >= 0.6 is 0 Å². The Kier molecular flexibility index (Phi) is 17.7. The van der Waals surface area contributed by atoms with E-state index in [0.717, 1.165) is 34.8 Å². The van der Waals surface area contributed by atoms with Crippen LogP contribution < -0.4 is 0 Å². The number of carbonyl (C=O) groups is 6. The van der Waals surface area contributed by atoms with E-state index in [1.165, 1.54) is 31.2 Å². The molecule has 2 rings (SSSR count). The minimum atomic E-state index is -1.94. The van der Waals surface area contributed by atoms with E-state index < -0.39 is 91.4 Å². The molecular formula is C35H44O16. The smallest absolute Gasteiger partial charge is 0.338 e. The predicted molar refractivity (Wildman–Crippen MR) is 174 cm³/mol. The first-order valence-corrected chi connectivity index (χ1v) is 15.8. The SMILES string of the molecule is CO[C@@H](O[C@H](C)C(OC(=O)c1ccccc1)[C@@H](O)C(O)COC(=O)c1ccccc1)C(OC(C)=O)C(OC(C)=O)[C@@H](CCOC(C)=O)OC(C)=O. The zero-order valence-electron chi connectivity index (χ0n) is 29.1. The molecule has 0 saturated heterocycles. The lowest BCUT2D eigenvalue weighted by Crippen LogP contribution is -2.55. The van der Waals surface area contributed by atoms with E-state index in [1.807, 2.05) is 0 Å². The van der Waals surface area contributed by atoms with Crippen molar-refractivity contribution in [3.63, 3.8) is 0 Å². The van der Waals surface area contributed by atoms with Crippen molar-refractivity contribution in [2.45, 2.75) is 90.1 Å². The lowest BCUT2D eigenvalue weighted by atomic mass is 10.0. The highest BCUT2D eigenvalue weighted by Gasteiger charge is 2.45. The minimum Gasteiger partial charge on any atom is -0.466 e. The molecule has 2 N–H and O–H groups in total. The largest absolute Gasteiger partial charge is 0.466 e. The molecule has 16 nitrogen and oxygen atoms in total. The van der Waals surface area contributed by atoms with Gasteiger partial charge in [0.25, 0.3) is 0 Å². The van der Waals surface area contributed by atoms with Crippen molar-refractivity contribution in [2.24, 2.45) is 0 Å². The normalized spacial score (nSPS) is 15.7. The van der Waals surface area contributed by atoms with Gasteiger partial charge in [-0.3, -0.25) is 19.2 Å². The van der Waals surface area contributed by atoms with E-state index in [1.54, 1.807) is 36.4 Å². The first kappa shape index (κ1) is 42.3. The predicted octanol–water partition coefficient (Wildman–Crippen LogP) is 1.92. The molecule has 0 aliphatic rings. The summed E-state index contributed by atoms with van der Waals surface area (Å²) in [7, 11) is 1.14. The Morgan fingerprint density at radius 1 is 0.627 bits per heavy atom. The van der Waals surface area contributed by atoms with Crippen LogP contribution in [0, 0.1) is 0 Å². The fraction of sp³-hybridized carbons (Fsp3) is 0.486. The summed E-state index contributed by atoms with van der Waals surface area (Å²) in [5.74, 6) is -4.96. The molecule has 4 unspecified atom stereocenters. The van der Waals surface area contributed by atoms with Gasteiger partial charge in [0.1, 0.15) is 24.9 Å². The highest BCUT2D eigenvalue weighted by atomic mass is 16.7. The number of hydrogen-bond acceptors (Lipinski definition) is 16. The van der Waals surface area contributed by atoms with Crippen LogP contribution in [0.3, 0.4) is 0 Å².